The monoisotopic (exact) mass is 242 g/mol. The van der Waals surface area contributed by atoms with E-state index in [-0.39, 0.29) is 5.75 Å². The highest BCUT2D eigenvalue weighted by atomic mass is 32.2. The van der Waals surface area contributed by atoms with E-state index in [1.165, 1.54) is 11.8 Å². The molecule has 4 nitrogen and oxygen atoms in total. The van der Waals surface area contributed by atoms with Crippen LogP contribution in [-0.2, 0) is 17.8 Å². The van der Waals surface area contributed by atoms with Gasteiger partial charge in [-0.3, -0.25) is 9.48 Å². The van der Waals surface area contributed by atoms with Crippen molar-refractivity contribution in [1.29, 1.82) is 0 Å². The van der Waals surface area contributed by atoms with Crippen LogP contribution in [0.4, 0.5) is 0 Å². The van der Waals surface area contributed by atoms with E-state index in [0.29, 0.717) is 5.92 Å². The molecule has 0 aromatic carbocycles. The van der Waals surface area contributed by atoms with Gasteiger partial charge in [0.15, 0.2) is 0 Å². The fraction of sp³-hybridized carbons (Fsp3) is 0.636. The van der Waals surface area contributed by atoms with Crippen LogP contribution in [0.2, 0.25) is 0 Å². The van der Waals surface area contributed by atoms with Crippen molar-refractivity contribution >= 4 is 17.7 Å². The lowest BCUT2D eigenvalue weighted by molar-refractivity contribution is -0.133. The van der Waals surface area contributed by atoms with Crippen LogP contribution in [0.25, 0.3) is 0 Å². The van der Waals surface area contributed by atoms with E-state index in [2.05, 4.69) is 18.9 Å². The first kappa shape index (κ1) is 13.1. The van der Waals surface area contributed by atoms with Crippen molar-refractivity contribution < 1.29 is 9.90 Å². The minimum absolute atomic E-state index is 0.0901. The number of carboxylic acid groups (broad SMARTS) is 1. The molecule has 1 heterocycles. The third kappa shape index (κ3) is 3.89. The maximum absolute atomic E-state index is 10.5. The Hall–Kier alpha value is -0.970. The number of carboxylic acids is 1. The van der Waals surface area contributed by atoms with E-state index in [1.54, 1.807) is 0 Å². The van der Waals surface area contributed by atoms with E-state index < -0.39 is 5.97 Å². The van der Waals surface area contributed by atoms with Crippen molar-refractivity contribution in [2.24, 2.45) is 5.92 Å². The third-order valence-corrected chi connectivity index (χ3v) is 3.07. The summed E-state index contributed by atoms with van der Waals surface area (Å²) in [5, 5.41) is 14.0. The largest absolute Gasteiger partial charge is 0.481 e. The molecule has 1 aromatic heterocycles. The molecule has 0 aliphatic rings. The first-order valence-corrected chi connectivity index (χ1v) is 6.42. The average molecular weight is 242 g/mol. The van der Waals surface area contributed by atoms with Crippen molar-refractivity contribution in [3.8, 4) is 0 Å². The SMILES string of the molecule is CCn1nc(CC(C)C)cc1SCC(=O)O. The average Bonchev–Trinajstić information content (AvgIpc) is 2.56. The minimum atomic E-state index is -0.792. The number of hydrogen-bond acceptors (Lipinski definition) is 3. The molecule has 0 aliphatic carbocycles. The quantitative estimate of drug-likeness (QED) is 0.778. The second-order valence-electron chi connectivity index (χ2n) is 4.07. The molecule has 90 valence electrons. The molecular formula is C11H18N2O2S. The standard InChI is InChI=1S/C11H18N2O2S/c1-4-13-10(16-7-11(14)15)6-9(12-13)5-8(2)3/h6,8H,4-5,7H2,1-3H3,(H,14,15). The summed E-state index contributed by atoms with van der Waals surface area (Å²) in [4.78, 5) is 10.5. The Balaban J connectivity index is 2.73. The predicted molar refractivity (Wildman–Crippen MR) is 64.8 cm³/mol. The molecule has 1 rings (SSSR count). The molecule has 0 atom stereocenters. The summed E-state index contributed by atoms with van der Waals surface area (Å²) in [7, 11) is 0. The summed E-state index contributed by atoms with van der Waals surface area (Å²) in [6, 6.07) is 2.00. The van der Waals surface area contributed by atoms with Gasteiger partial charge in [-0.1, -0.05) is 25.6 Å². The molecule has 16 heavy (non-hydrogen) atoms. The predicted octanol–water partition coefficient (Wildman–Crippen LogP) is 2.28. The fourth-order valence-electron chi connectivity index (χ4n) is 1.45. The van der Waals surface area contributed by atoms with Crippen LogP contribution in [0.3, 0.4) is 0 Å². The number of nitrogens with zero attached hydrogens (tertiary/aromatic N) is 2. The summed E-state index contributed by atoms with van der Waals surface area (Å²) < 4.78 is 1.87. The van der Waals surface area contributed by atoms with E-state index in [4.69, 9.17) is 5.11 Å². The van der Waals surface area contributed by atoms with Crippen molar-refractivity contribution in [2.75, 3.05) is 5.75 Å². The zero-order valence-electron chi connectivity index (χ0n) is 9.93. The molecule has 0 radical (unpaired) electrons. The smallest absolute Gasteiger partial charge is 0.313 e. The molecule has 0 spiro atoms. The van der Waals surface area contributed by atoms with Crippen molar-refractivity contribution in [3.05, 3.63) is 11.8 Å². The topological polar surface area (TPSA) is 55.1 Å². The van der Waals surface area contributed by atoms with Gasteiger partial charge in [-0.2, -0.15) is 5.10 Å². The van der Waals surface area contributed by atoms with Gasteiger partial charge < -0.3 is 5.11 Å². The lowest BCUT2D eigenvalue weighted by Crippen LogP contribution is -2.03. The lowest BCUT2D eigenvalue weighted by Gasteiger charge is -2.01. The van der Waals surface area contributed by atoms with Gasteiger partial charge in [-0.05, 0) is 25.3 Å². The molecule has 0 bridgehead atoms. The number of aryl methyl sites for hydroxylation is 1. The second kappa shape index (κ2) is 5.94. The Bertz CT molecular complexity index is 361. The van der Waals surface area contributed by atoms with Gasteiger partial charge in [0.1, 0.15) is 0 Å². The number of aromatic nitrogens is 2. The zero-order valence-corrected chi connectivity index (χ0v) is 10.8. The molecule has 1 aromatic rings. The number of carbonyl (C=O) groups is 1. The van der Waals surface area contributed by atoms with Crippen LogP contribution in [0.15, 0.2) is 11.1 Å². The Morgan fingerprint density at radius 1 is 1.62 bits per heavy atom. The molecule has 5 heteroatoms. The zero-order chi connectivity index (χ0) is 12.1. The molecule has 0 amide bonds. The highest BCUT2D eigenvalue weighted by Crippen LogP contribution is 2.20. The molecule has 0 saturated heterocycles. The van der Waals surface area contributed by atoms with E-state index in [1.807, 2.05) is 17.7 Å². The summed E-state index contributed by atoms with van der Waals surface area (Å²) in [6.07, 6.45) is 0.938. The highest BCUT2D eigenvalue weighted by molar-refractivity contribution is 7.99. The van der Waals surface area contributed by atoms with Gasteiger partial charge in [0, 0.05) is 6.54 Å². The number of rotatable bonds is 6. The van der Waals surface area contributed by atoms with Gasteiger partial charge in [-0.25, -0.2) is 0 Å². The Labute approximate surface area is 100 Å². The van der Waals surface area contributed by atoms with Gasteiger partial charge in [0.05, 0.1) is 16.5 Å². The summed E-state index contributed by atoms with van der Waals surface area (Å²) in [6.45, 7) is 7.08. The van der Waals surface area contributed by atoms with Crippen LogP contribution >= 0.6 is 11.8 Å². The summed E-state index contributed by atoms with van der Waals surface area (Å²) in [5.41, 5.74) is 1.05. The van der Waals surface area contributed by atoms with Crippen LogP contribution < -0.4 is 0 Å². The third-order valence-electron chi connectivity index (χ3n) is 2.05. The van der Waals surface area contributed by atoms with E-state index >= 15 is 0 Å². The van der Waals surface area contributed by atoms with Crippen molar-refractivity contribution in [1.82, 2.24) is 9.78 Å². The Morgan fingerprint density at radius 2 is 2.31 bits per heavy atom. The fourth-order valence-corrected chi connectivity index (χ4v) is 2.26. The number of thioether (sulfide) groups is 1. The van der Waals surface area contributed by atoms with Crippen LogP contribution in [0.5, 0.6) is 0 Å². The van der Waals surface area contributed by atoms with Gasteiger partial charge in [0.2, 0.25) is 0 Å². The van der Waals surface area contributed by atoms with Crippen LogP contribution in [0, 0.1) is 5.92 Å². The van der Waals surface area contributed by atoms with Gasteiger partial charge in [0.25, 0.3) is 0 Å². The maximum atomic E-state index is 10.5. The number of aliphatic carboxylic acids is 1. The van der Waals surface area contributed by atoms with Gasteiger partial charge in [-0.15, -0.1) is 0 Å². The molecule has 0 unspecified atom stereocenters. The molecule has 1 N–H and O–H groups in total. The van der Waals surface area contributed by atoms with E-state index in [9.17, 15) is 4.79 Å². The first-order chi connectivity index (χ1) is 7.52. The molecule has 0 fully saturated rings. The normalized spacial score (nSPS) is 11.0. The Kier molecular flexibility index (Phi) is 4.86. The molecule has 0 saturated carbocycles. The van der Waals surface area contributed by atoms with E-state index in [0.717, 1.165) is 23.7 Å². The van der Waals surface area contributed by atoms with Crippen molar-refractivity contribution in [3.63, 3.8) is 0 Å². The minimum Gasteiger partial charge on any atom is -0.481 e. The Morgan fingerprint density at radius 3 is 2.81 bits per heavy atom. The highest BCUT2D eigenvalue weighted by Gasteiger charge is 2.10. The maximum Gasteiger partial charge on any atom is 0.313 e. The first-order valence-electron chi connectivity index (χ1n) is 5.44. The molecular weight excluding hydrogens is 224 g/mol. The van der Waals surface area contributed by atoms with Crippen molar-refractivity contribution in [2.45, 2.75) is 38.8 Å². The number of hydrogen-bond donors (Lipinski definition) is 1. The summed E-state index contributed by atoms with van der Waals surface area (Å²) in [5.74, 6) is -0.135. The van der Waals surface area contributed by atoms with Crippen LogP contribution in [-0.4, -0.2) is 26.6 Å². The van der Waals surface area contributed by atoms with Gasteiger partial charge >= 0.3 is 5.97 Å². The second-order valence-corrected chi connectivity index (χ2v) is 5.07. The summed E-state index contributed by atoms with van der Waals surface area (Å²) >= 11 is 1.33. The molecule has 0 aliphatic heterocycles. The lowest BCUT2D eigenvalue weighted by atomic mass is 10.1. The van der Waals surface area contributed by atoms with Crippen LogP contribution in [0.1, 0.15) is 26.5 Å².